The molecule has 0 amide bonds. The monoisotopic (exact) mass is 290 g/mol. The van der Waals surface area contributed by atoms with E-state index in [2.05, 4.69) is 19.9 Å². The van der Waals surface area contributed by atoms with Gasteiger partial charge in [0, 0.05) is 11.8 Å². The number of carbonyl (C=O) groups is 1. The minimum Gasteiger partial charge on any atom is -0.431 e. The maximum absolute atomic E-state index is 11.6. The van der Waals surface area contributed by atoms with Crippen LogP contribution >= 0.6 is 0 Å². The van der Waals surface area contributed by atoms with Crippen LogP contribution in [0.15, 0.2) is 11.8 Å². The summed E-state index contributed by atoms with van der Waals surface area (Å²) in [6, 6.07) is 0. The number of ether oxygens (including phenoxy) is 1. The molecular formula is C18H26O3. The molecule has 1 aliphatic heterocycles. The third-order valence-electron chi connectivity index (χ3n) is 7.42. The first-order valence-corrected chi connectivity index (χ1v) is 8.54. The van der Waals surface area contributed by atoms with Crippen molar-refractivity contribution in [2.45, 2.75) is 64.9 Å². The van der Waals surface area contributed by atoms with Crippen LogP contribution in [0.4, 0.5) is 0 Å². The molecule has 3 aliphatic carbocycles. The van der Waals surface area contributed by atoms with Gasteiger partial charge in [0.25, 0.3) is 0 Å². The number of rotatable bonds is 0. The molecule has 6 atom stereocenters. The standard InChI is InChI=1S/C18H26O3/c1-17-9-7-13-11(12(17)4-5-14(17)19)3-6-15-18(13,2)10-8-16(20)21-15/h6,11-14,19H,3-5,7-10H2,1-2H3. The van der Waals surface area contributed by atoms with E-state index in [9.17, 15) is 9.90 Å². The van der Waals surface area contributed by atoms with Gasteiger partial charge in [-0.3, -0.25) is 4.79 Å². The van der Waals surface area contributed by atoms with Gasteiger partial charge in [-0.2, -0.15) is 0 Å². The van der Waals surface area contributed by atoms with Crippen LogP contribution in [-0.4, -0.2) is 17.2 Å². The Labute approximate surface area is 126 Å². The van der Waals surface area contributed by atoms with Crippen LogP contribution in [0.1, 0.15) is 58.8 Å². The lowest BCUT2D eigenvalue weighted by Crippen LogP contribution is -2.51. The summed E-state index contributed by atoms with van der Waals surface area (Å²) < 4.78 is 5.57. The number of hydrogen-bond acceptors (Lipinski definition) is 3. The molecule has 1 saturated heterocycles. The summed E-state index contributed by atoms with van der Waals surface area (Å²) >= 11 is 0. The molecule has 0 spiro atoms. The first-order chi connectivity index (χ1) is 9.95. The van der Waals surface area contributed by atoms with Crippen molar-refractivity contribution < 1.29 is 14.6 Å². The van der Waals surface area contributed by atoms with Gasteiger partial charge < -0.3 is 9.84 Å². The molecule has 21 heavy (non-hydrogen) atoms. The number of esters is 1. The van der Waals surface area contributed by atoms with E-state index in [0.717, 1.165) is 37.9 Å². The number of fused-ring (bicyclic) bond motifs is 5. The highest BCUT2D eigenvalue weighted by Crippen LogP contribution is 2.64. The Balaban J connectivity index is 1.69. The molecule has 0 aromatic rings. The molecule has 116 valence electrons. The van der Waals surface area contributed by atoms with Crippen molar-refractivity contribution >= 4 is 5.97 Å². The summed E-state index contributed by atoms with van der Waals surface area (Å²) in [5, 5.41) is 10.4. The topological polar surface area (TPSA) is 46.5 Å². The summed E-state index contributed by atoms with van der Waals surface area (Å²) in [4.78, 5) is 11.6. The van der Waals surface area contributed by atoms with Crippen molar-refractivity contribution in [2.75, 3.05) is 0 Å². The molecule has 3 fully saturated rings. The maximum atomic E-state index is 11.6. The SMILES string of the molecule is CC12CCC(=O)OC1=CCC1C2CCC2(C)C(O)CCC12. The molecule has 0 radical (unpaired) electrons. The summed E-state index contributed by atoms with van der Waals surface area (Å²) in [6.07, 6.45) is 9.00. The van der Waals surface area contributed by atoms with Gasteiger partial charge in [-0.05, 0) is 67.8 Å². The van der Waals surface area contributed by atoms with E-state index in [1.807, 2.05) is 0 Å². The van der Waals surface area contributed by atoms with E-state index in [1.165, 1.54) is 6.42 Å². The molecule has 3 heteroatoms. The zero-order valence-corrected chi connectivity index (χ0v) is 13.1. The highest BCUT2D eigenvalue weighted by Gasteiger charge is 2.59. The second-order valence-electron chi connectivity index (χ2n) is 8.21. The molecule has 6 unspecified atom stereocenters. The van der Waals surface area contributed by atoms with Crippen molar-refractivity contribution in [3.8, 4) is 0 Å². The minimum atomic E-state index is -0.120. The fraction of sp³-hybridized carbons (Fsp3) is 0.833. The van der Waals surface area contributed by atoms with E-state index in [4.69, 9.17) is 4.74 Å². The van der Waals surface area contributed by atoms with Gasteiger partial charge >= 0.3 is 5.97 Å². The van der Waals surface area contributed by atoms with Crippen molar-refractivity contribution in [3.05, 3.63) is 11.8 Å². The van der Waals surface area contributed by atoms with Gasteiger partial charge in [0.2, 0.25) is 0 Å². The smallest absolute Gasteiger partial charge is 0.310 e. The van der Waals surface area contributed by atoms with Crippen molar-refractivity contribution in [3.63, 3.8) is 0 Å². The second-order valence-corrected chi connectivity index (χ2v) is 8.21. The molecule has 0 aromatic carbocycles. The number of aliphatic hydroxyl groups is 1. The van der Waals surface area contributed by atoms with E-state index < -0.39 is 0 Å². The first-order valence-electron chi connectivity index (χ1n) is 8.54. The number of hydrogen-bond donors (Lipinski definition) is 1. The van der Waals surface area contributed by atoms with Crippen LogP contribution in [0, 0.1) is 28.6 Å². The van der Waals surface area contributed by atoms with Crippen LogP contribution in [0.25, 0.3) is 0 Å². The third kappa shape index (κ3) is 1.73. The first kappa shape index (κ1) is 13.8. The Morgan fingerprint density at radius 1 is 1.19 bits per heavy atom. The lowest BCUT2D eigenvalue weighted by molar-refractivity contribution is -0.152. The molecule has 4 aliphatic rings. The molecular weight excluding hydrogens is 264 g/mol. The molecule has 1 heterocycles. The highest BCUT2D eigenvalue weighted by molar-refractivity contribution is 5.72. The van der Waals surface area contributed by atoms with Crippen molar-refractivity contribution in [1.29, 1.82) is 0 Å². The second kappa shape index (κ2) is 4.34. The van der Waals surface area contributed by atoms with Crippen LogP contribution in [0.2, 0.25) is 0 Å². The number of carbonyl (C=O) groups excluding carboxylic acids is 1. The zero-order valence-electron chi connectivity index (χ0n) is 13.1. The molecule has 4 rings (SSSR count). The highest BCUT2D eigenvalue weighted by atomic mass is 16.5. The molecule has 2 saturated carbocycles. The van der Waals surface area contributed by atoms with Crippen molar-refractivity contribution in [1.82, 2.24) is 0 Å². The fourth-order valence-corrected chi connectivity index (χ4v) is 6.04. The van der Waals surface area contributed by atoms with Gasteiger partial charge in [-0.25, -0.2) is 0 Å². The Bertz CT molecular complexity index is 511. The molecule has 1 N–H and O–H groups in total. The average Bonchev–Trinajstić information content (AvgIpc) is 2.76. The van der Waals surface area contributed by atoms with Gasteiger partial charge in [0.15, 0.2) is 0 Å². The Morgan fingerprint density at radius 2 is 2.00 bits per heavy atom. The van der Waals surface area contributed by atoms with Gasteiger partial charge in [0.1, 0.15) is 5.76 Å². The Hall–Kier alpha value is -0.830. The quantitative estimate of drug-likeness (QED) is 0.695. The lowest BCUT2D eigenvalue weighted by Gasteiger charge is -2.56. The average molecular weight is 290 g/mol. The summed E-state index contributed by atoms with van der Waals surface area (Å²) in [6.45, 7) is 4.60. The largest absolute Gasteiger partial charge is 0.431 e. The number of aliphatic hydroxyl groups excluding tert-OH is 1. The zero-order chi connectivity index (χ0) is 14.8. The van der Waals surface area contributed by atoms with E-state index in [-0.39, 0.29) is 22.9 Å². The predicted molar refractivity (Wildman–Crippen MR) is 79.2 cm³/mol. The summed E-state index contributed by atoms with van der Waals surface area (Å²) in [7, 11) is 0. The molecule has 0 bridgehead atoms. The lowest BCUT2D eigenvalue weighted by atomic mass is 9.50. The van der Waals surface area contributed by atoms with Crippen molar-refractivity contribution in [2.24, 2.45) is 28.6 Å². The normalized spacial score (nSPS) is 52.3. The van der Waals surface area contributed by atoms with E-state index >= 15 is 0 Å². The van der Waals surface area contributed by atoms with E-state index in [0.29, 0.717) is 24.2 Å². The van der Waals surface area contributed by atoms with Crippen LogP contribution in [0.3, 0.4) is 0 Å². The summed E-state index contributed by atoms with van der Waals surface area (Å²) in [5.41, 5.74) is 0.167. The number of allylic oxidation sites excluding steroid dienone is 2. The third-order valence-corrected chi connectivity index (χ3v) is 7.42. The molecule has 0 aromatic heterocycles. The molecule has 3 nitrogen and oxygen atoms in total. The summed E-state index contributed by atoms with van der Waals surface area (Å²) in [5.74, 6) is 2.80. The van der Waals surface area contributed by atoms with Crippen LogP contribution < -0.4 is 0 Å². The predicted octanol–water partition coefficient (Wildman–Crippen LogP) is 3.42. The van der Waals surface area contributed by atoms with Crippen LogP contribution in [-0.2, 0) is 9.53 Å². The minimum absolute atomic E-state index is 0.0473. The maximum Gasteiger partial charge on any atom is 0.310 e. The van der Waals surface area contributed by atoms with Gasteiger partial charge in [-0.1, -0.05) is 13.8 Å². The Kier molecular flexibility index (Phi) is 2.86. The Morgan fingerprint density at radius 3 is 2.81 bits per heavy atom. The van der Waals surface area contributed by atoms with Gasteiger partial charge in [0.05, 0.1) is 6.10 Å². The van der Waals surface area contributed by atoms with E-state index in [1.54, 1.807) is 0 Å². The van der Waals surface area contributed by atoms with Gasteiger partial charge in [-0.15, -0.1) is 0 Å². The van der Waals surface area contributed by atoms with Crippen LogP contribution in [0.5, 0.6) is 0 Å². The fourth-order valence-electron chi connectivity index (χ4n) is 6.04.